The van der Waals surface area contributed by atoms with Gasteiger partial charge >= 0.3 is 0 Å². The summed E-state index contributed by atoms with van der Waals surface area (Å²) in [6.45, 7) is 2.16. The van der Waals surface area contributed by atoms with E-state index in [0.29, 0.717) is 0 Å². The van der Waals surface area contributed by atoms with Crippen LogP contribution < -0.4 is 10.2 Å². The van der Waals surface area contributed by atoms with Crippen molar-refractivity contribution in [3.63, 3.8) is 0 Å². The summed E-state index contributed by atoms with van der Waals surface area (Å²) in [5, 5.41) is 4.47. The van der Waals surface area contributed by atoms with Gasteiger partial charge in [-0.3, -0.25) is 0 Å². The molecule has 0 atom stereocenters. The predicted molar refractivity (Wildman–Crippen MR) is 82.6 cm³/mol. The van der Waals surface area contributed by atoms with Crippen LogP contribution in [0.5, 0.6) is 0 Å². The van der Waals surface area contributed by atoms with Gasteiger partial charge in [0.1, 0.15) is 12.1 Å². The topological polar surface area (TPSA) is 42.2 Å². The second kappa shape index (κ2) is 6.82. The van der Waals surface area contributed by atoms with E-state index in [-0.39, 0.29) is 0 Å². The van der Waals surface area contributed by atoms with E-state index in [1.807, 2.05) is 12.1 Å². The second-order valence-electron chi connectivity index (χ2n) is 4.97. The van der Waals surface area contributed by atoms with Crippen LogP contribution in [0.1, 0.15) is 12.8 Å². The van der Waals surface area contributed by atoms with Crippen LogP contribution in [-0.2, 0) is 0 Å². The molecule has 0 unspecified atom stereocenters. The van der Waals surface area contributed by atoms with Crippen molar-refractivity contribution in [1.29, 1.82) is 0 Å². The highest BCUT2D eigenvalue weighted by molar-refractivity contribution is 9.10. The maximum atomic E-state index is 4.33. The van der Waals surface area contributed by atoms with E-state index in [9.17, 15) is 0 Å². The lowest BCUT2D eigenvalue weighted by atomic mass is 10.2. The first-order valence-electron chi connectivity index (χ1n) is 6.60. The summed E-state index contributed by atoms with van der Waals surface area (Å²) in [6, 6.07) is 6.06. The van der Waals surface area contributed by atoms with Crippen molar-refractivity contribution >= 4 is 32.7 Å². The van der Waals surface area contributed by atoms with Crippen LogP contribution in [0, 0.1) is 0 Å². The minimum atomic E-state index is 0.920. The Kier molecular flexibility index (Phi) is 5.10. The standard InChI is InChI=1S/C14H19BrN4/c1-19(2)8-4-3-7-16-14-12-9-11(15)5-6-13(12)17-10-18-14/h5-6,9-10H,3-4,7-8H2,1-2H3,(H,16,17,18)/p+1. The van der Waals surface area contributed by atoms with Crippen LogP contribution in [-0.4, -0.2) is 37.2 Å². The van der Waals surface area contributed by atoms with Crippen molar-refractivity contribution in [3.8, 4) is 0 Å². The number of rotatable bonds is 6. The Labute approximate surface area is 122 Å². The van der Waals surface area contributed by atoms with Crippen LogP contribution in [0.2, 0.25) is 0 Å². The Hall–Kier alpha value is -1.20. The molecular weight excluding hydrogens is 304 g/mol. The molecule has 102 valence electrons. The molecule has 5 heteroatoms. The normalized spacial score (nSPS) is 11.2. The van der Waals surface area contributed by atoms with Gasteiger partial charge in [0, 0.05) is 16.4 Å². The number of aromatic nitrogens is 2. The Morgan fingerprint density at radius 3 is 2.84 bits per heavy atom. The lowest BCUT2D eigenvalue weighted by molar-refractivity contribution is -0.858. The fourth-order valence-corrected chi connectivity index (χ4v) is 2.34. The molecule has 0 aliphatic carbocycles. The third-order valence-corrected chi connectivity index (χ3v) is 3.49. The number of hydrogen-bond acceptors (Lipinski definition) is 3. The number of fused-ring (bicyclic) bond motifs is 1. The molecule has 0 aliphatic rings. The van der Waals surface area contributed by atoms with E-state index in [1.165, 1.54) is 17.9 Å². The first-order valence-corrected chi connectivity index (χ1v) is 7.39. The van der Waals surface area contributed by atoms with E-state index in [2.05, 4.69) is 51.4 Å². The number of quaternary nitrogens is 1. The smallest absolute Gasteiger partial charge is 0.137 e. The van der Waals surface area contributed by atoms with E-state index in [0.717, 1.165) is 34.2 Å². The molecule has 0 fully saturated rings. The number of nitrogens with zero attached hydrogens (tertiary/aromatic N) is 2. The molecule has 2 aromatic rings. The van der Waals surface area contributed by atoms with Crippen molar-refractivity contribution in [1.82, 2.24) is 9.97 Å². The van der Waals surface area contributed by atoms with Gasteiger partial charge in [-0.15, -0.1) is 0 Å². The Morgan fingerprint density at radius 2 is 2.05 bits per heavy atom. The zero-order valence-electron chi connectivity index (χ0n) is 11.4. The Bertz CT molecular complexity index is 542. The molecule has 0 amide bonds. The number of anilines is 1. The molecule has 0 saturated heterocycles. The lowest BCUT2D eigenvalue weighted by Gasteiger charge is -2.09. The molecule has 1 heterocycles. The maximum absolute atomic E-state index is 4.33. The zero-order chi connectivity index (χ0) is 13.7. The van der Waals surface area contributed by atoms with Gasteiger partial charge in [0.15, 0.2) is 0 Å². The summed E-state index contributed by atoms with van der Waals surface area (Å²) in [7, 11) is 4.37. The first-order chi connectivity index (χ1) is 9.16. The molecule has 1 aromatic heterocycles. The lowest BCUT2D eigenvalue weighted by Crippen LogP contribution is -3.05. The minimum absolute atomic E-state index is 0.920. The maximum Gasteiger partial charge on any atom is 0.137 e. The van der Waals surface area contributed by atoms with Gasteiger partial charge in [0.05, 0.1) is 26.2 Å². The van der Waals surface area contributed by atoms with Crippen LogP contribution in [0.3, 0.4) is 0 Å². The Balaban J connectivity index is 1.98. The summed E-state index contributed by atoms with van der Waals surface area (Å²) in [5.41, 5.74) is 0.971. The van der Waals surface area contributed by atoms with Crippen LogP contribution in [0.15, 0.2) is 29.0 Å². The molecule has 2 N–H and O–H groups in total. The average molecular weight is 324 g/mol. The van der Waals surface area contributed by atoms with Gasteiger partial charge in [0.25, 0.3) is 0 Å². The quantitative estimate of drug-likeness (QED) is 0.796. The summed E-state index contributed by atoms with van der Waals surface area (Å²) in [4.78, 5) is 10.1. The van der Waals surface area contributed by atoms with E-state index in [4.69, 9.17) is 0 Å². The largest absolute Gasteiger partial charge is 0.369 e. The van der Waals surface area contributed by atoms with E-state index < -0.39 is 0 Å². The fraction of sp³-hybridized carbons (Fsp3) is 0.429. The number of halogens is 1. The molecular formula is C14H20BrN4+. The number of nitrogens with one attached hydrogen (secondary N) is 2. The van der Waals surface area contributed by atoms with Gasteiger partial charge in [-0.25, -0.2) is 9.97 Å². The van der Waals surface area contributed by atoms with Gasteiger partial charge in [-0.05, 0) is 31.0 Å². The van der Waals surface area contributed by atoms with Gasteiger partial charge in [-0.2, -0.15) is 0 Å². The first kappa shape index (κ1) is 14.2. The molecule has 0 saturated carbocycles. The third kappa shape index (κ3) is 4.14. The molecule has 0 spiro atoms. The second-order valence-corrected chi connectivity index (χ2v) is 5.89. The highest BCUT2D eigenvalue weighted by atomic mass is 79.9. The van der Waals surface area contributed by atoms with Crippen LogP contribution in [0.25, 0.3) is 10.9 Å². The fourth-order valence-electron chi connectivity index (χ4n) is 1.98. The van der Waals surface area contributed by atoms with Crippen molar-refractivity contribution < 1.29 is 4.90 Å². The van der Waals surface area contributed by atoms with Crippen molar-refractivity contribution in [3.05, 3.63) is 29.0 Å². The SMILES string of the molecule is C[NH+](C)CCCCNc1ncnc2ccc(Br)cc12. The van der Waals surface area contributed by atoms with Crippen molar-refractivity contribution in [2.75, 3.05) is 32.5 Å². The molecule has 4 nitrogen and oxygen atoms in total. The highest BCUT2D eigenvalue weighted by Crippen LogP contribution is 2.23. The van der Waals surface area contributed by atoms with Gasteiger partial charge in [-0.1, -0.05) is 15.9 Å². The summed E-state index contributed by atoms with van der Waals surface area (Å²) >= 11 is 3.49. The monoisotopic (exact) mass is 323 g/mol. The number of unbranched alkanes of at least 4 members (excludes halogenated alkanes) is 1. The third-order valence-electron chi connectivity index (χ3n) is 2.99. The molecule has 1 aromatic carbocycles. The Morgan fingerprint density at radius 1 is 1.21 bits per heavy atom. The van der Waals surface area contributed by atoms with Crippen LogP contribution in [0.4, 0.5) is 5.82 Å². The van der Waals surface area contributed by atoms with Crippen molar-refractivity contribution in [2.24, 2.45) is 0 Å². The molecule has 0 radical (unpaired) electrons. The van der Waals surface area contributed by atoms with E-state index in [1.54, 1.807) is 6.33 Å². The summed E-state index contributed by atoms with van der Waals surface area (Å²) in [5.74, 6) is 0.920. The highest BCUT2D eigenvalue weighted by Gasteiger charge is 2.03. The summed E-state index contributed by atoms with van der Waals surface area (Å²) < 4.78 is 1.05. The predicted octanol–water partition coefficient (Wildman–Crippen LogP) is 1.73. The van der Waals surface area contributed by atoms with Gasteiger partial charge < -0.3 is 10.2 Å². The number of hydrogen-bond donors (Lipinski definition) is 2. The molecule has 19 heavy (non-hydrogen) atoms. The molecule has 0 aliphatic heterocycles. The van der Waals surface area contributed by atoms with E-state index >= 15 is 0 Å². The minimum Gasteiger partial charge on any atom is -0.369 e. The average Bonchev–Trinajstić information content (AvgIpc) is 2.38. The molecule has 2 rings (SSSR count). The zero-order valence-corrected chi connectivity index (χ0v) is 13.0. The molecule has 0 bridgehead atoms. The van der Waals surface area contributed by atoms with Gasteiger partial charge in [0.2, 0.25) is 0 Å². The number of benzene rings is 1. The van der Waals surface area contributed by atoms with Crippen molar-refractivity contribution in [2.45, 2.75) is 12.8 Å². The van der Waals surface area contributed by atoms with Crippen LogP contribution >= 0.6 is 15.9 Å². The summed E-state index contributed by atoms with van der Waals surface area (Å²) in [6.07, 6.45) is 4.00.